The van der Waals surface area contributed by atoms with E-state index < -0.39 is 17.7 Å². The molecule has 1 aromatic rings. The molecule has 0 spiro atoms. The highest BCUT2D eigenvalue weighted by molar-refractivity contribution is 5.99. The van der Waals surface area contributed by atoms with Crippen LogP contribution in [0.25, 0.3) is 0 Å². The summed E-state index contributed by atoms with van der Waals surface area (Å²) in [6.45, 7) is 1.89. The molecule has 0 radical (unpaired) electrons. The Labute approximate surface area is 92.8 Å². The molecule has 88 valence electrons. The number of carbonyl (C=O) groups is 1. The molecule has 0 fully saturated rings. The zero-order valence-electron chi connectivity index (χ0n) is 8.94. The van der Waals surface area contributed by atoms with Crippen molar-refractivity contribution in [2.45, 2.75) is 13.0 Å². The van der Waals surface area contributed by atoms with Gasteiger partial charge in [-0.3, -0.25) is 4.79 Å². The van der Waals surface area contributed by atoms with Crippen molar-refractivity contribution in [3.8, 4) is 5.75 Å². The maximum absolute atomic E-state index is 13.4. The predicted molar refractivity (Wildman–Crippen MR) is 57.0 cm³/mol. The molecule has 1 rings (SSSR count). The number of ketones is 1. The summed E-state index contributed by atoms with van der Waals surface area (Å²) < 4.78 is 18.4. The second-order valence-corrected chi connectivity index (χ2v) is 3.19. The summed E-state index contributed by atoms with van der Waals surface area (Å²) in [7, 11) is 0. The van der Waals surface area contributed by atoms with Crippen LogP contribution < -0.4 is 10.5 Å². The smallest absolute Gasteiger partial charge is 0.192 e. The molecule has 1 aromatic carbocycles. The van der Waals surface area contributed by atoms with Crippen LogP contribution in [0.3, 0.4) is 0 Å². The third kappa shape index (κ3) is 2.77. The monoisotopic (exact) mass is 227 g/mol. The van der Waals surface area contributed by atoms with Gasteiger partial charge in [-0.2, -0.15) is 0 Å². The van der Waals surface area contributed by atoms with Gasteiger partial charge in [-0.1, -0.05) is 0 Å². The standard InChI is InChI=1S/C11H14FNO3/c1-2-16-10-4-3-7(5-8(10)12)11(15)9(14)6-13/h3-5,9,14H,2,6,13H2,1H3. The van der Waals surface area contributed by atoms with Crippen LogP contribution in [0.15, 0.2) is 18.2 Å². The van der Waals surface area contributed by atoms with E-state index in [-0.39, 0.29) is 17.9 Å². The average Bonchev–Trinajstić information content (AvgIpc) is 2.30. The molecule has 0 saturated heterocycles. The number of rotatable bonds is 5. The molecule has 0 aliphatic carbocycles. The van der Waals surface area contributed by atoms with E-state index in [1.165, 1.54) is 12.1 Å². The molecule has 5 heteroatoms. The van der Waals surface area contributed by atoms with E-state index in [1.54, 1.807) is 6.92 Å². The molecule has 0 aliphatic rings. The molecule has 3 N–H and O–H groups in total. The second-order valence-electron chi connectivity index (χ2n) is 3.19. The minimum atomic E-state index is -1.29. The van der Waals surface area contributed by atoms with E-state index in [4.69, 9.17) is 10.5 Å². The van der Waals surface area contributed by atoms with Crippen LogP contribution >= 0.6 is 0 Å². The fourth-order valence-corrected chi connectivity index (χ4v) is 1.23. The van der Waals surface area contributed by atoms with E-state index in [2.05, 4.69) is 0 Å². The maximum Gasteiger partial charge on any atom is 0.192 e. The molecule has 0 aromatic heterocycles. The van der Waals surface area contributed by atoms with Crippen molar-refractivity contribution in [3.63, 3.8) is 0 Å². The van der Waals surface area contributed by atoms with Crippen molar-refractivity contribution < 1.29 is 19.0 Å². The first kappa shape index (κ1) is 12.6. The van der Waals surface area contributed by atoms with Crippen LogP contribution in [0.5, 0.6) is 5.75 Å². The van der Waals surface area contributed by atoms with Gasteiger partial charge in [0, 0.05) is 12.1 Å². The molecule has 1 atom stereocenters. The Morgan fingerprint density at radius 3 is 2.81 bits per heavy atom. The van der Waals surface area contributed by atoms with Crippen LogP contribution in [0, 0.1) is 5.82 Å². The molecular formula is C11H14FNO3. The molecule has 16 heavy (non-hydrogen) atoms. The van der Waals surface area contributed by atoms with Gasteiger partial charge >= 0.3 is 0 Å². The van der Waals surface area contributed by atoms with Crippen LogP contribution in [0.2, 0.25) is 0 Å². The lowest BCUT2D eigenvalue weighted by molar-refractivity contribution is 0.0762. The Morgan fingerprint density at radius 1 is 1.62 bits per heavy atom. The lowest BCUT2D eigenvalue weighted by atomic mass is 10.1. The third-order valence-electron chi connectivity index (χ3n) is 2.04. The lowest BCUT2D eigenvalue weighted by Gasteiger charge is -2.08. The summed E-state index contributed by atoms with van der Waals surface area (Å²) in [6, 6.07) is 3.79. The first-order valence-electron chi connectivity index (χ1n) is 4.94. The minimum absolute atomic E-state index is 0.0823. The van der Waals surface area contributed by atoms with Gasteiger partial charge < -0.3 is 15.6 Å². The van der Waals surface area contributed by atoms with E-state index in [0.29, 0.717) is 6.61 Å². The van der Waals surface area contributed by atoms with Crippen molar-refractivity contribution in [1.82, 2.24) is 0 Å². The predicted octanol–water partition coefficient (Wildman–Crippen LogP) is 0.727. The van der Waals surface area contributed by atoms with Crippen molar-refractivity contribution in [2.24, 2.45) is 5.73 Å². The Balaban J connectivity index is 2.92. The van der Waals surface area contributed by atoms with E-state index in [9.17, 15) is 14.3 Å². The number of hydrogen-bond acceptors (Lipinski definition) is 4. The van der Waals surface area contributed by atoms with E-state index in [1.807, 2.05) is 0 Å². The Hall–Kier alpha value is -1.46. The van der Waals surface area contributed by atoms with Gasteiger partial charge in [-0.15, -0.1) is 0 Å². The molecule has 4 nitrogen and oxygen atoms in total. The number of hydrogen-bond donors (Lipinski definition) is 2. The Kier molecular flexibility index (Phi) is 4.39. The topological polar surface area (TPSA) is 72.5 Å². The van der Waals surface area contributed by atoms with Crippen molar-refractivity contribution in [2.75, 3.05) is 13.2 Å². The van der Waals surface area contributed by atoms with Crippen molar-refractivity contribution in [3.05, 3.63) is 29.6 Å². The Morgan fingerprint density at radius 2 is 2.31 bits per heavy atom. The SMILES string of the molecule is CCOc1ccc(C(=O)C(O)CN)cc1F. The lowest BCUT2D eigenvalue weighted by Crippen LogP contribution is -2.29. The quantitative estimate of drug-likeness (QED) is 0.727. The third-order valence-corrected chi connectivity index (χ3v) is 2.04. The average molecular weight is 227 g/mol. The Bertz CT molecular complexity index is 381. The number of nitrogens with two attached hydrogens (primary N) is 1. The number of benzene rings is 1. The van der Waals surface area contributed by atoms with Crippen molar-refractivity contribution in [1.29, 1.82) is 0 Å². The van der Waals surface area contributed by atoms with Gasteiger partial charge in [0.1, 0.15) is 6.10 Å². The van der Waals surface area contributed by atoms with Gasteiger partial charge in [0.2, 0.25) is 0 Å². The number of Topliss-reactive ketones (excluding diaryl/α,β-unsaturated/α-hetero) is 1. The van der Waals surface area contributed by atoms with Gasteiger partial charge in [0.05, 0.1) is 6.61 Å². The fraction of sp³-hybridized carbons (Fsp3) is 0.364. The zero-order valence-corrected chi connectivity index (χ0v) is 8.94. The summed E-state index contributed by atoms with van der Waals surface area (Å²) in [5.74, 6) is -1.14. The number of carbonyl (C=O) groups excluding carboxylic acids is 1. The molecular weight excluding hydrogens is 213 g/mol. The molecule has 0 bridgehead atoms. The highest BCUT2D eigenvalue weighted by Gasteiger charge is 2.17. The highest BCUT2D eigenvalue weighted by Crippen LogP contribution is 2.19. The summed E-state index contributed by atoms with van der Waals surface area (Å²) in [6.07, 6.45) is -1.29. The van der Waals surface area contributed by atoms with E-state index >= 15 is 0 Å². The fourth-order valence-electron chi connectivity index (χ4n) is 1.23. The number of aliphatic hydroxyl groups is 1. The summed E-state index contributed by atoms with van der Waals surface area (Å²) in [4.78, 5) is 11.5. The second kappa shape index (κ2) is 5.58. The first-order valence-corrected chi connectivity index (χ1v) is 4.94. The van der Waals surface area contributed by atoms with Crippen molar-refractivity contribution >= 4 is 5.78 Å². The van der Waals surface area contributed by atoms with Gasteiger partial charge in [0.15, 0.2) is 17.3 Å². The molecule has 1 unspecified atom stereocenters. The van der Waals surface area contributed by atoms with Crippen LogP contribution in [-0.4, -0.2) is 30.1 Å². The first-order chi connectivity index (χ1) is 7.60. The van der Waals surface area contributed by atoms with Crippen LogP contribution in [0.4, 0.5) is 4.39 Å². The molecule has 0 saturated carbocycles. The van der Waals surface area contributed by atoms with Crippen LogP contribution in [0.1, 0.15) is 17.3 Å². The number of halogens is 1. The van der Waals surface area contributed by atoms with Gasteiger partial charge in [0.25, 0.3) is 0 Å². The molecule has 0 heterocycles. The highest BCUT2D eigenvalue weighted by atomic mass is 19.1. The largest absolute Gasteiger partial charge is 0.491 e. The summed E-state index contributed by atoms with van der Waals surface area (Å²) in [5.41, 5.74) is 5.22. The van der Waals surface area contributed by atoms with Gasteiger partial charge in [-0.25, -0.2) is 4.39 Å². The number of ether oxygens (including phenoxy) is 1. The molecule has 0 amide bonds. The zero-order chi connectivity index (χ0) is 12.1. The summed E-state index contributed by atoms with van der Waals surface area (Å²) in [5, 5.41) is 9.22. The van der Waals surface area contributed by atoms with E-state index in [0.717, 1.165) is 6.07 Å². The van der Waals surface area contributed by atoms with Crippen LogP contribution in [-0.2, 0) is 0 Å². The maximum atomic E-state index is 13.4. The summed E-state index contributed by atoms with van der Waals surface area (Å²) >= 11 is 0. The minimum Gasteiger partial charge on any atom is -0.491 e. The molecule has 0 aliphatic heterocycles. The normalized spacial score (nSPS) is 12.2. The number of aliphatic hydroxyl groups excluding tert-OH is 1. The van der Waals surface area contributed by atoms with Gasteiger partial charge in [-0.05, 0) is 25.1 Å².